The summed E-state index contributed by atoms with van der Waals surface area (Å²) in [7, 11) is 0. The first-order valence-electron chi connectivity index (χ1n) is 7.73. The Morgan fingerprint density at radius 3 is 1.42 bits per heavy atom. The van der Waals surface area contributed by atoms with E-state index < -0.39 is 0 Å². The van der Waals surface area contributed by atoms with Gasteiger partial charge in [0.15, 0.2) is 0 Å². The number of aromatic hydroxyl groups is 2. The Balaban J connectivity index is 1.68. The number of phenolic OH excluding ortho intramolecular Hbond substituents is 2. The van der Waals surface area contributed by atoms with Crippen LogP contribution in [0.3, 0.4) is 0 Å². The maximum absolute atomic E-state index is 9.46. The normalized spacial score (nSPS) is 11.3. The van der Waals surface area contributed by atoms with Crippen LogP contribution in [0.25, 0.3) is 24.3 Å². The zero-order valence-electron chi connectivity index (χ0n) is 13.1. The van der Waals surface area contributed by atoms with Crippen molar-refractivity contribution in [2.45, 2.75) is 0 Å². The van der Waals surface area contributed by atoms with Gasteiger partial charge in [0, 0.05) is 0 Å². The zero-order valence-corrected chi connectivity index (χ0v) is 13.1. The van der Waals surface area contributed by atoms with Crippen LogP contribution in [-0.4, -0.2) is 10.2 Å². The minimum Gasteiger partial charge on any atom is -0.508 e. The van der Waals surface area contributed by atoms with E-state index in [-0.39, 0.29) is 11.5 Å². The molecule has 0 radical (unpaired) electrons. The third kappa shape index (κ3) is 4.37. The van der Waals surface area contributed by atoms with Crippen LogP contribution < -0.4 is 0 Å². The average Bonchev–Trinajstić information content (AvgIpc) is 2.60. The molecule has 3 aromatic carbocycles. The molecule has 3 aromatic rings. The SMILES string of the molecule is Oc1ccc(/C=C/c2ccc(/C=C/c3cccc(O)c3)cc2)cc1. The topological polar surface area (TPSA) is 40.5 Å². The summed E-state index contributed by atoms with van der Waals surface area (Å²) in [5, 5.41) is 18.7. The summed E-state index contributed by atoms with van der Waals surface area (Å²) in [5.41, 5.74) is 4.21. The zero-order chi connectivity index (χ0) is 16.8. The Labute approximate surface area is 141 Å². The number of benzene rings is 3. The van der Waals surface area contributed by atoms with Crippen molar-refractivity contribution in [2.24, 2.45) is 0 Å². The molecular weight excluding hydrogens is 296 g/mol. The molecule has 0 fully saturated rings. The molecule has 0 aliphatic heterocycles. The molecule has 0 saturated carbocycles. The second-order valence-electron chi connectivity index (χ2n) is 5.52. The average molecular weight is 314 g/mol. The van der Waals surface area contributed by atoms with E-state index in [0.29, 0.717) is 0 Å². The third-order valence-electron chi connectivity index (χ3n) is 3.64. The summed E-state index contributed by atoms with van der Waals surface area (Å²) in [5.74, 6) is 0.543. The molecule has 0 aliphatic rings. The Hall–Kier alpha value is -3.26. The highest BCUT2D eigenvalue weighted by Crippen LogP contribution is 2.16. The van der Waals surface area contributed by atoms with E-state index in [2.05, 4.69) is 24.3 Å². The molecule has 0 unspecified atom stereocenters. The fraction of sp³-hybridized carbons (Fsp3) is 0. The van der Waals surface area contributed by atoms with Crippen LogP contribution in [0.2, 0.25) is 0 Å². The lowest BCUT2D eigenvalue weighted by atomic mass is 10.1. The Morgan fingerprint density at radius 2 is 0.917 bits per heavy atom. The second kappa shape index (κ2) is 7.34. The largest absolute Gasteiger partial charge is 0.508 e. The van der Waals surface area contributed by atoms with Crippen molar-refractivity contribution in [3.63, 3.8) is 0 Å². The minimum absolute atomic E-state index is 0.270. The smallest absolute Gasteiger partial charge is 0.116 e. The van der Waals surface area contributed by atoms with Gasteiger partial charge in [-0.05, 0) is 46.5 Å². The molecule has 0 atom stereocenters. The summed E-state index contributed by atoms with van der Waals surface area (Å²) >= 11 is 0. The molecule has 3 rings (SSSR count). The lowest BCUT2D eigenvalue weighted by Crippen LogP contribution is -1.76. The number of hydrogen-bond acceptors (Lipinski definition) is 2. The van der Waals surface area contributed by atoms with Crippen LogP contribution >= 0.6 is 0 Å². The van der Waals surface area contributed by atoms with Gasteiger partial charge in [0.2, 0.25) is 0 Å². The second-order valence-corrected chi connectivity index (χ2v) is 5.52. The van der Waals surface area contributed by atoms with Crippen molar-refractivity contribution in [3.05, 3.63) is 95.1 Å². The van der Waals surface area contributed by atoms with Crippen LogP contribution in [0.1, 0.15) is 22.3 Å². The first-order chi connectivity index (χ1) is 11.7. The van der Waals surface area contributed by atoms with Gasteiger partial charge in [-0.15, -0.1) is 0 Å². The monoisotopic (exact) mass is 314 g/mol. The predicted molar refractivity (Wildman–Crippen MR) is 101 cm³/mol. The summed E-state index contributed by atoms with van der Waals surface area (Å²) in [6, 6.07) is 22.5. The first-order valence-corrected chi connectivity index (χ1v) is 7.73. The van der Waals surface area contributed by atoms with Gasteiger partial charge in [0.1, 0.15) is 11.5 Å². The van der Waals surface area contributed by atoms with E-state index in [4.69, 9.17) is 0 Å². The molecule has 0 aliphatic carbocycles. The van der Waals surface area contributed by atoms with Crippen LogP contribution in [0.4, 0.5) is 0 Å². The maximum Gasteiger partial charge on any atom is 0.116 e. The Morgan fingerprint density at radius 1 is 0.458 bits per heavy atom. The quantitative estimate of drug-likeness (QED) is 0.630. The highest BCUT2D eigenvalue weighted by atomic mass is 16.3. The molecule has 0 bridgehead atoms. The van der Waals surface area contributed by atoms with Crippen molar-refractivity contribution >= 4 is 24.3 Å². The van der Waals surface area contributed by atoms with Gasteiger partial charge >= 0.3 is 0 Å². The maximum atomic E-state index is 9.46. The third-order valence-corrected chi connectivity index (χ3v) is 3.64. The van der Waals surface area contributed by atoms with Gasteiger partial charge < -0.3 is 10.2 Å². The first kappa shape index (κ1) is 15.6. The fourth-order valence-corrected chi connectivity index (χ4v) is 2.32. The van der Waals surface area contributed by atoms with Crippen LogP contribution in [0, 0.1) is 0 Å². The van der Waals surface area contributed by atoms with Gasteiger partial charge in [-0.2, -0.15) is 0 Å². The van der Waals surface area contributed by atoms with E-state index in [9.17, 15) is 10.2 Å². The van der Waals surface area contributed by atoms with Crippen molar-refractivity contribution in [1.29, 1.82) is 0 Å². The van der Waals surface area contributed by atoms with E-state index in [1.807, 2.05) is 48.6 Å². The highest BCUT2D eigenvalue weighted by Gasteiger charge is 1.92. The number of hydrogen-bond donors (Lipinski definition) is 2. The van der Waals surface area contributed by atoms with Crippen LogP contribution in [-0.2, 0) is 0 Å². The fourth-order valence-electron chi connectivity index (χ4n) is 2.32. The molecule has 24 heavy (non-hydrogen) atoms. The van der Waals surface area contributed by atoms with Crippen molar-refractivity contribution in [2.75, 3.05) is 0 Å². The van der Waals surface area contributed by atoms with Crippen LogP contribution in [0.5, 0.6) is 11.5 Å². The molecule has 2 N–H and O–H groups in total. The van der Waals surface area contributed by atoms with E-state index in [1.54, 1.807) is 24.3 Å². The van der Waals surface area contributed by atoms with Gasteiger partial charge in [0.05, 0.1) is 0 Å². The molecule has 0 heterocycles. The molecule has 0 amide bonds. The highest BCUT2D eigenvalue weighted by molar-refractivity contribution is 5.73. The summed E-state index contributed by atoms with van der Waals surface area (Å²) < 4.78 is 0. The predicted octanol–water partition coefficient (Wildman–Crippen LogP) is 5.44. The molecule has 2 heteroatoms. The molecule has 0 spiro atoms. The van der Waals surface area contributed by atoms with Crippen molar-refractivity contribution in [1.82, 2.24) is 0 Å². The summed E-state index contributed by atoms with van der Waals surface area (Å²) in [4.78, 5) is 0. The van der Waals surface area contributed by atoms with Crippen molar-refractivity contribution in [3.8, 4) is 11.5 Å². The summed E-state index contributed by atoms with van der Waals surface area (Å²) in [6.07, 6.45) is 8.04. The molecule has 118 valence electrons. The van der Waals surface area contributed by atoms with Crippen molar-refractivity contribution < 1.29 is 10.2 Å². The van der Waals surface area contributed by atoms with Gasteiger partial charge in [-0.1, -0.05) is 72.8 Å². The molecule has 0 saturated heterocycles. The molecule has 2 nitrogen and oxygen atoms in total. The Kier molecular flexibility index (Phi) is 4.78. The number of phenols is 2. The van der Waals surface area contributed by atoms with Gasteiger partial charge in [0.25, 0.3) is 0 Å². The lowest BCUT2D eigenvalue weighted by Gasteiger charge is -1.98. The summed E-state index contributed by atoms with van der Waals surface area (Å²) in [6.45, 7) is 0. The van der Waals surface area contributed by atoms with Crippen LogP contribution in [0.15, 0.2) is 72.8 Å². The van der Waals surface area contributed by atoms with E-state index in [0.717, 1.165) is 22.3 Å². The number of rotatable bonds is 4. The minimum atomic E-state index is 0.270. The Bertz CT molecular complexity index is 857. The molecular formula is C22H18O2. The lowest BCUT2D eigenvalue weighted by molar-refractivity contribution is 0.474. The molecule has 0 aromatic heterocycles. The van der Waals surface area contributed by atoms with Gasteiger partial charge in [-0.3, -0.25) is 0 Å². The standard InChI is InChI=1S/C22H18O2/c23-21-14-12-19(13-15-21)9-8-17-4-6-18(7-5-17)10-11-20-2-1-3-22(24)16-20/h1-16,23-24H/b9-8+,11-10+. The van der Waals surface area contributed by atoms with Gasteiger partial charge in [-0.25, -0.2) is 0 Å². The van der Waals surface area contributed by atoms with E-state index in [1.165, 1.54) is 0 Å². The van der Waals surface area contributed by atoms with E-state index >= 15 is 0 Å².